The Bertz CT molecular complexity index is 533. The average molecular weight is 326 g/mol. The molecule has 4 heteroatoms. The van der Waals surface area contributed by atoms with E-state index in [1.165, 1.54) is 12.1 Å². The molecule has 2 aromatic rings. The van der Waals surface area contributed by atoms with Crippen molar-refractivity contribution in [2.24, 2.45) is 5.73 Å². The van der Waals surface area contributed by atoms with E-state index in [0.717, 1.165) is 20.7 Å². The van der Waals surface area contributed by atoms with E-state index in [-0.39, 0.29) is 11.9 Å². The van der Waals surface area contributed by atoms with Crippen LogP contribution in [0.25, 0.3) is 0 Å². The first kappa shape index (κ1) is 13.6. The zero-order valence-electron chi connectivity index (χ0n) is 9.64. The van der Waals surface area contributed by atoms with Crippen molar-refractivity contribution in [1.82, 2.24) is 0 Å². The first-order valence-corrected chi connectivity index (χ1v) is 7.32. The predicted molar refractivity (Wildman–Crippen MR) is 78.2 cm³/mol. The fraction of sp³-hybridized carbons (Fsp3) is 0.143. The zero-order valence-corrected chi connectivity index (χ0v) is 12.0. The summed E-state index contributed by atoms with van der Waals surface area (Å²) in [5.74, 6) is 0.482. The largest absolute Gasteiger partial charge is 0.323 e. The van der Waals surface area contributed by atoms with Crippen LogP contribution < -0.4 is 5.73 Å². The van der Waals surface area contributed by atoms with Crippen LogP contribution in [0.15, 0.2) is 57.9 Å². The lowest BCUT2D eigenvalue weighted by atomic mass is 10.1. The van der Waals surface area contributed by atoms with E-state index in [1.54, 1.807) is 17.8 Å². The highest BCUT2D eigenvalue weighted by Gasteiger charge is 2.07. The molecule has 1 atom stereocenters. The molecule has 2 N–H and O–H groups in total. The Hall–Kier alpha value is -0.840. The van der Waals surface area contributed by atoms with Gasteiger partial charge in [-0.2, -0.15) is 0 Å². The van der Waals surface area contributed by atoms with Gasteiger partial charge in [-0.1, -0.05) is 34.1 Å². The lowest BCUT2D eigenvalue weighted by molar-refractivity contribution is 0.622. The van der Waals surface area contributed by atoms with Gasteiger partial charge in [-0.15, -0.1) is 11.8 Å². The molecule has 0 saturated heterocycles. The number of hydrogen-bond donors (Lipinski definition) is 1. The van der Waals surface area contributed by atoms with Gasteiger partial charge in [-0.25, -0.2) is 4.39 Å². The minimum absolute atomic E-state index is 0.162. The van der Waals surface area contributed by atoms with Crippen molar-refractivity contribution in [2.75, 3.05) is 5.75 Å². The average Bonchev–Trinajstić information content (AvgIpc) is 2.36. The first-order valence-electron chi connectivity index (χ1n) is 5.54. The number of benzene rings is 2. The number of halogens is 2. The third-order valence-electron chi connectivity index (χ3n) is 2.50. The molecular weight excluding hydrogens is 313 g/mol. The highest BCUT2D eigenvalue weighted by molar-refractivity contribution is 9.10. The van der Waals surface area contributed by atoms with Gasteiger partial charge in [0, 0.05) is 21.2 Å². The molecule has 0 aliphatic rings. The molecule has 2 rings (SSSR count). The third kappa shape index (κ3) is 3.83. The topological polar surface area (TPSA) is 26.0 Å². The minimum atomic E-state index is -0.240. The Morgan fingerprint density at radius 1 is 1.17 bits per heavy atom. The molecule has 94 valence electrons. The third-order valence-corrected chi connectivity index (χ3v) is 4.11. The van der Waals surface area contributed by atoms with Gasteiger partial charge >= 0.3 is 0 Å². The molecule has 0 aromatic heterocycles. The molecule has 2 aromatic carbocycles. The molecule has 0 saturated carbocycles. The van der Waals surface area contributed by atoms with Crippen LogP contribution in [0, 0.1) is 5.82 Å². The summed E-state index contributed by atoms with van der Waals surface area (Å²) in [7, 11) is 0. The molecule has 1 unspecified atom stereocenters. The maximum Gasteiger partial charge on any atom is 0.123 e. The summed E-state index contributed by atoms with van der Waals surface area (Å²) in [4.78, 5) is 1.15. The molecule has 0 spiro atoms. The molecule has 18 heavy (non-hydrogen) atoms. The quantitative estimate of drug-likeness (QED) is 0.844. The number of thioether (sulfide) groups is 1. The SMILES string of the molecule is NC(CSc1cccc(Br)c1)c1cccc(F)c1. The molecule has 0 fully saturated rings. The van der Waals surface area contributed by atoms with Crippen LogP contribution in [0.2, 0.25) is 0 Å². The van der Waals surface area contributed by atoms with Crippen molar-refractivity contribution in [3.63, 3.8) is 0 Å². The second-order valence-corrected chi connectivity index (χ2v) is 5.94. The van der Waals surface area contributed by atoms with E-state index < -0.39 is 0 Å². The van der Waals surface area contributed by atoms with Crippen LogP contribution in [0.5, 0.6) is 0 Å². The zero-order chi connectivity index (χ0) is 13.0. The van der Waals surface area contributed by atoms with Gasteiger partial charge in [0.15, 0.2) is 0 Å². The van der Waals surface area contributed by atoms with Gasteiger partial charge in [0.25, 0.3) is 0 Å². The van der Waals surface area contributed by atoms with Crippen LogP contribution in [0.1, 0.15) is 11.6 Å². The summed E-state index contributed by atoms with van der Waals surface area (Å²) in [5, 5.41) is 0. The smallest absolute Gasteiger partial charge is 0.123 e. The molecular formula is C14H13BrFNS. The Balaban J connectivity index is 1.98. The normalized spacial score (nSPS) is 12.4. The molecule has 0 radical (unpaired) electrons. The Morgan fingerprint density at radius 2 is 1.94 bits per heavy atom. The van der Waals surface area contributed by atoms with E-state index >= 15 is 0 Å². The first-order chi connectivity index (χ1) is 8.65. The van der Waals surface area contributed by atoms with E-state index in [9.17, 15) is 4.39 Å². The number of nitrogens with two attached hydrogens (primary N) is 1. The van der Waals surface area contributed by atoms with E-state index in [0.29, 0.717) is 0 Å². The van der Waals surface area contributed by atoms with Gasteiger partial charge in [0.1, 0.15) is 5.82 Å². The fourth-order valence-corrected chi connectivity index (χ4v) is 3.08. The van der Waals surface area contributed by atoms with Crippen molar-refractivity contribution < 1.29 is 4.39 Å². The van der Waals surface area contributed by atoms with Crippen molar-refractivity contribution in [3.05, 3.63) is 64.4 Å². The number of rotatable bonds is 4. The van der Waals surface area contributed by atoms with Crippen LogP contribution in [0.4, 0.5) is 4.39 Å². The molecule has 0 heterocycles. The van der Waals surface area contributed by atoms with Crippen LogP contribution in [-0.2, 0) is 0 Å². The molecule has 0 aliphatic carbocycles. The van der Waals surface area contributed by atoms with Crippen LogP contribution in [-0.4, -0.2) is 5.75 Å². The summed E-state index contributed by atoms with van der Waals surface area (Å²) >= 11 is 5.10. The summed E-state index contributed by atoms with van der Waals surface area (Å²) < 4.78 is 14.1. The molecule has 0 aliphatic heterocycles. The monoisotopic (exact) mass is 325 g/mol. The fourth-order valence-electron chi connectivity index (χ4n) is 1.58. The van der Waals surface area contributed by atoms with Gasteiger partial charge < -0.3 is 5.73 Å². The van der Waals surface area contributed by atoms with Crippen molar-refractivity contribution in [1.29, 1.82) is 0 Å². The Labute approximate surface area is 119 Å². The van der Waals surface area contributed by atoms with Gasteiger partial charge in [0.2, 0.25) is 0 Å². The Morgan fingerprint density at radius 3 is 2.67 bits per heavy atom. The Kier molecular flexibility index (Phi) is 4.80. The minimum Gasteiger partial charge on any atom is -0.323 e. The lowest BCUT2D eigenvalue weighted by Crippen LogP contribution is -2.13. The lowest BCUT2D eigenvalue weighted by Gasteiger charge is -2.11. The summed E-state index contributed by atoms with van der Waals surface area (Å²) in [5.41, 5.74) is 6.88. The van der Waals surface area contributed by atoms with Gasteiger partial charge in [-0.3, -0.25) is 0 Å². The summed E-state index contributed by atoms with van der Waals surface area (Å²) in [6.07, 6.45) is 0. The van der Waals surface area contributed by atoms with Crippen molar-refractivity contribution in [2.45, 2.75) is 10.9 Å². The van der Waals surface area contributed by atoms with Crippen LogP contribution >= 0.6 is 27.7 Å². The van der Waals surface area contributed by atoms with E-state index in [4.69, 9.17) is 5.73 Å². The maximum atomic E-state index is 13.1. The number of hydrogen-bond acceptors (Lipinski definition) is 2. The van der Waals surface area contributed by atoms with Gasteiger partial charge in [-0.05, 0) is 35.9 Å². The van der Waals surface area contributed by atoms with Gasteiger partial charge in [0.05, 0.1) is 0 Å². The molecule has 0 bridgehead atoms. The second kappa shape index (κ2) is 6.36. The highest BCUT2D eigenvalue weighted by atomic mass is 79.9. The molecule has 1 nitrogen and oxygen atoms in total. The second-order valence-electron chi connectivity index (χ2n) is 3.93. The summed E-state index contributed by atoms with van der Waals surface area (Å²) in [6.45, 7) is 0. The maximum absolute atomic E-state index is 13.1. The van der Waals surface area contributed by atoms with Crippen molar-refractivity contribution in [3.8, 4) is 0 Å². The summed E-state index contributed by atoms with van der Waals surface area (Å²) in [6, 6.07) is 14.4. The van der Waals surface area contributed by atoms with E-state index in [1.807, 2.05) is 30.3 Å². The standard InChI is InChI=1S/C14H13BrFNS/c15-11-4-2-6-13(8-11)18-9-14(17)10-3-1-5-12(16)7-10/h1-8,14H,9,17H2. The van der Waals surface area contributed by atoms with Crippen LogP contribution in [0.3, 0.4) is 0 Å². The predicted octanol–water partition coefficient (Wildman–Crippen LogP) is 4.38. The highest BCUT2D eigenvalue weighted by Crippen LogP contribution is 2.25. The van der Waals surface area contributed by atoms with E-state index in [2.05, 4.69) is 15.9 Å². The molecule has 0 amide bonds. The van der Waals surface area contributed by atoms with Crippen molar-refractivity contribution >= 4 is 27.7 Å².